The van der Waals surface area contributed by atoms with Crippen molar-refractivity contribution in [3.8, 4) is 0 Å². The van der Waals surface area contributed by atoms with Crippen molar-refractivity contribution in [3.05, 3.63) is 29.3 Å². The zero-order valence-electron chi connectivity index (χ0n) is 9.18. The van der Waals surface area contributed by atoms with Gasteiger partial charge >= 0.3 is 0 Å². The summed E-state index contributed by atoms with van der Waals surface area (Å²) in [5.74, 6) is -1.41. The molecule has 3 nitrogen and oxygen atoms in total. The molecule has 0 aliphatic carbocycles. The predicted octanol–water partition coefficient (Wildman–Crippen LogP) is 3.18. The monoisotopic (exact) mass is 306 g/mol. The third-order valence-electron chi connectivity index (χ3n) is 1.99. The number of hydrogen-bond acceptors (Lipinski definition) is 6. The molecule has 0 saturated heterocycles. The van der Waals surface area contributed by atoms with Crippen molar-refractivity contribution in [1.82, 2.24) is 10.2 Å². The Balaban J connectivity index is 2.28. The minimum Gasteiger partial charge on any atom is -0.392 e. The molecule has 0 aliphatic rings. The minimum atomic E-state index is -0.704. The molecule has 0 spiro atoms. The van der Waals surface area contributed by atoms with Gasteiger partial charge in [-0.3, -0.25) is 0 Å². The molecular formula is C10H8F2N2OS3. The lowest BCUT2D eigenvalue weighted by atomic mass is 10.2. The van der Waals surface area contributed by atoms with Crippen molar-refractivity contribution in [1.29, 1.82) is 0 Å². The number of aliphatic hydroxyl groups is 1. The van der Waals surface area contributed by atoms with Crippen molar-refractivity contribution in [2.75, 3.05) is 6.26 Å². The van der Waals surface area contributed by atoms with Crippen LogP contribution in [-0.4, -0.2) is 21.6 Å². The predicted molar refractivity (Wildman–Crippen MR) is 68.1 cm³/mol. The number of thioether (sulfide) groups is 1. The average molecular weight is 306 g/mol. The van der Waals surface area contributed by atoms with Crippen LogP contribution in [0.2, 0.25) is 0 Å². The first-order valence-electron chi connectivity index (χ1n) is 4.78. The topological polar surface area (TPSA) is 46.0 Å². The summed E-state index contributed by atoms with van der Waals surface area (Å²) in [7, 11) is 0. The molecule has 0 fully saturated rings. The molecular weight excluding hydrogens is 298 g/mol. The third-order valence-corrected chi connectivity index (χ3v) is 5.04. The lowest BCUT2D eigenvalue weighted by Crippen LogP contribution is -1.92. The quantitative estimate of drug-likeness (QED) is 0.879. The van der Waals surface area contributed by atoms with E-state index in [0.29, 0.717) is 4.34 Å². The molecule has 0 aliphatic heterocycles. The van der Waals surface area contributed by atoms with E-state index in [4.69, 9.17) is 5.11 Å². The highest BCUT2D eigenvalue weighted by Crippen LogP contribution is 2.36. The summed E-state index contributed by atoms with van der Waals surface area (Å²) in [5, 5.41) is 16.5. The molecule has 2 rings (SSSR count). The van der Waals surface area contributed by atoms with Crippen LogP contribution < -0.4 is 0 Å². The fourth-order valence-electron chi connectivity index (χ4n) is 1.21. The normalized spacial score (nSPS) is 10.9. The number of nitrogens with zero attached hydrogens (tertiary/aromatic N) is 2. The summed E-state index contributed by atoms with van der Waals surface area (Å²) >= 11 is 3.60. The first-order valence-corrected chi connectivity index (χ1v) is 7.64. The maximum absolute atomic E-state index is 13.7. The van der Waals surface area contributed by atoms with Crippen molar-refractivity contribution < 1.29 is 13.9 Å². The molecule has 0 atom stereocenters. The van der Waals surface area contributed by atoms with E-state index in [2.05, 4.69) is 10.2 Å². The van der Waals surface area contributed by atoms with E-state index in [0.717, 1.165) is 28.2 Å². The third kappa shape index (κ3) is 3.00. The van der Waals surface area contributed by atoms with Gasteiger partial charge in [-0.1, -0.05) is 34.9 Å². The van der Waals surface area contributed by atoms with Gasteiger partial charge in [-0.2, -0.15) is 0 Å². The summed E-state index contributed by atoms with van der Waals surface area (Å²) in [6, 6.07) is 2.23. The summed E-state index contributed by atoms with van der Waals surface area (Å²) in [6.07, 6.45) is 1.85. The SMILES string of the molecule is CSc1nnc(Sc2c(F)cc(CO)cc2F)s1. The number of hydrogen-bond donors (Lipinski definition) is 1. The molecule has 0 bridgehead atoms. The number of aliphatic hydroxyl groups excluding tert-OH is 1. The highest BCUT2D eigenvalue weighted by molar-refractivity contribution is 8.03. The Morgan fingerprint density at radius 3 is 2.33 bits per heavy atom. The molecule has 1 N–H and O–H groups in total. The first-order chi connectivity index (χ1) is 8.63. The van der Waals surface area contributed by atoms with Crippen molar-refractivity contribution in [2.45, 2.75) is 20.2 Å². The smallest absolute Gasteiger partial charge is 0.180 e. The summed E-state index contributed by atoms with van der Waals surface area (Å²) in [6.45, 7) is -0.395. The maximum Gasteiger partial charge on any atom is 0.180 e. The van der Waals surface area contributed by atoms with Crippen LogP contribution >= 0.6 is 34.9 Å². The van der Waals surface area contributed by atoms with Gasteiger partial charge in [-0.25, -0.2) is 8.78 Å². The van der Waals surface area contributed by atoms with Gasteiger partial charge in [0.1, 0.15) is 11.6 Å². The molecule has 0 unspecified atom stereocenters. The van der Waals surface area contributed by atoms with E-state index in [1.807, 2.05) is 6.26 Å². The van der Waals surface area contributed by atoms with Crippen LogP contribution in [0.15, 0.2) is 25.7 Å². The molecule has 0 amide bonds. The number of rotatable bonds is 4. The lowest BCUT2D eigenvalue weighted by molar-refractivity contribution is 0.280. The standard InChI is InChI=1S/C10H8F2N2OS3/c1-16-9-13-14-10(18-9)17-8-6(11)2-5(4-15)3-7(8)12/h2-3,15H,4H2,1H3. The Bertz CT molecular complexity index is 539. The first kappa shape index (κ1) is 13.7. The summed E-state index contributed by atoms with van der Waals surface area (Å²) in [5.41, 5.74) is 0.205. The molecule has 8 heteroatoms. The van der Waals surface area contributed by atoms with Crippen LogP contribution in [0, 0.1) is 11.6 Å². The largest absolute Gasteiger partial charge is 0.392 e. The molecule has 2 aromatic rings. The van der Waals surface area contributed by atoms with Crippen LogP contribution in [0.4, 0.5) is 8.78 Å². The molecule has 1 heterocycles. The molecule has 1 aromatic heterocycles. The Morgan fingerprint density at radius 1 is 1.22 bits per heavy atom. The maximum atomic E-state index is 13.7. The van der Waals surface area contributed by atoms with Gasteiger partial charge in [0.2, 0.25) is 0 Å². The van der Waals surface area contributed by atoms with Crippen molar-refractivity contribution >= 4 is 34.9 Å². The van der Waals surface area contributed by atoms with Crippen molar-refractivity contribution in [3.63, 3.8) is 0 Å². The van der Waals surface area contributed by atoms with Gasteiger partial charge in [-0.15, -0.1) is 10.2 Å². The van der Waals surface area contributed by atoms with Gasteiger partial charge in [0.15, 0.2) is 8.68 Å². The lowest BCUT2D eigenvalue weighted by Gasteiger charge is -2.04. The van der Waals surface area contributed by atoms with Gasteiger partial charge in [0.05, 0.1) is 11.5 Å². The van der Waals surface area contributed by atoms with Crippen LogP contribution in [0.5, 0.6) is 0 Å². The highest BCUT2D eigenvalue weighted by atomic mass is 32.2. The zero-order chi connectivity index (χ0) is 13.1. The van der Waals surface area contributed by atoms with Crippen LogP contribution in [0.3, 0.4) is 0 Å². The molecule has 18 heavy (non-hydrogen) atoms. The van der Waals surface area contributed by atoms with Gasteiger partial charge < -0.3 is 5.11 Å². The highest BCUT2D eigenvalue weighted by Gasteiger charge is 2.15. The second kappa shape index (κ2) is 5.96. The van der Waals surface area contributed by atoms with E-state index in [1.165, 1.54) is 23.1 Å². The second-order valence-corrected chi connectivity index (χ2v) is 6.48. The van der Waals surface area contributed by atoms with Crippen LogP contribution in [-0.2, 0) is 6.61 Å². The summed E-state index contributed by atoms with van der Waals surface area (Å²) < 4.78 is 28.5. The van der Waals surface area contributed by atoms with Crippen LogP contribution in [0.25, 0.3) is 0 Å². The second-order valence-electron chi connectivity index (χ2n) is 3.19. The average Bonchev–Trinajstić information content (AvgIpc) is 2.81. The van der Waals surface area contributed by atoms with Crippen molar-refractivity contribution in [2.24, 2.45) is 0 Å². The minimum absolute atomic E-state index is 0.129. The van der Waals surface area contributed by atoms with E-state index in [-0.39, 0.29) is 10.5 Å². The van der Waals surface area contributed by atoms with Gasteiger partial charge in [-0.05, 0) is 24.0 Å². The van der Waals surface area contributed by atoms with E-state index < -0.39 is 18.2 Å². The van der Waals surface area contributed by atoms with E-state index in [9.17, 15) is 8.78 Å². The Kier molecular flexibility index (Phi) is 4.55. The summed E-state index contributed by atoms with van der Waals surface area (Å²) in [4.78, 5) is -0.129. The molecule has 1 aromatic carbocycles. The molecule has 0 saturated carbocycles. The molecule has 96 valence electrons. The fourth-order valence-corrected chi connectivity index (χ4v) is 3.60. The fraction of sp³-hybridized carbons (Fsp3) is 0.200. The molecule has 0 radical (unpaired) electrons. The van der Waals surface area contributed by atoms with E-state index >= 15 is 0 Å². The Hall–Kier alpha value is -0.700. The van der Waals surface area contributed by atoms with E-state index in [1.54, 1.807) is 0 Å². The number of benzene rings is 1. The number of halogens is 2. The van der Waals surface area contributed by atoms with Crippen LogP contribution in [0.1, 0.15) is 5.56 Å². The number of aromatic nitrogens is 2. The van der Waals surface area contributed by atoms with Gasteiger partial charge in [0, 0.05) is 0 Å². The van der Waals surface area contributed by atoms with Gasteiger partial charge in [0.25, 0.3) is 0 Å². The Morgan fingerprint density at radius 2 is 1.83 bits per heavy atom. The Labute approximate surface area is 115 Å². The zero-order valence-corrected chi connectivity index (χ0v) is 11.6.